The van der Waals surface area contributed by atoms with Gasteiger partial charge in [-0.3, -0.25) is 0 Å². The first kappa shape index (κ1) is 37.9. The van der Waals surface area contributed by atoms with Crippen LogP contribution in [-0.2, 0) is 20.6 Å². The van der Waals surface area contributed by atoms with Crippen molar-refractivity contribution >= 4 is 17.6 Å². The van der Waals surface area contributed by atoms with Gasteiger partial charge in [-0.2, -0.15) is 0 Å². The molecule has 0 atom stereocenters. The van der Waals surface area contributed by atoms with Crippen molar-refractivity contribution in [3.8, 4) is 0 Å². The average molecular weight is 528 g/mol. The number of aryl methyl sites for hydroxylation is 1. The van der Waals surface area contributed by atoms with Gasteiger partial charge >= 0.3 is 6.03 Å². The van der Waals surface area contributed by atoms with Crippen molar-refractivity contribution in [1.29, 1.82) is 0 Å². The summed E-state index contributed by atoms with van der Waals surface area (Å²) in [4.78, 5) is 10.6. The van der Waals surface area contributed by atoms with Gasteiger partial charge in [0.2, 0.25) is 5.76 Å². The van der Waals surface area contributed by atoms with Crippen molar-refractivity contribution in [3.05, 3.63) is 70.5 Å². The normalized spacial score (nSPS) is 10.7. The van der Waals surface area contributed by atoms with Gasteiger partial charge in [-0.25, -0.2) is 4.79 Å². The summed E-state index contributed by atoms with van der Waals surface area (Å²) in [5, 5.41) is 3.20. The molecule has 0 bridgehead atoms. The van der Waals surface area contributed by atoms with E-state index in [0.717, 1.165) is 30.3 Å². The summed E-state index contributed by atoms with van der Waals surface area (Å²) in [6.45, 7) is 16.8. The molecule has 0 spiro atoms. The number of methoxy groups -OCH3 is 3. The van der Waals surface area contributed by atoms with Crippen LogP contribution in [0, 0.1) is 5.92 Å². The van der Waals surface area contributed by atoms with Crippen LogP contribution in [-0.4, -0.2) is 33.9 Å². The number of benzene rings is 1. The fourth-order valence-electron chi connectivity index (χ4n) is 2.62. The quantitative estimate of drug-likeness (QED) is 0.213. The van der Waals surface area contributed by atoms with E-state index in [1.54, 1.807) is 13.0 Å². The molecule has 1 rings (SSSR count). The van der Waals surface area contributed by atoms with E-state index < -0.39 is 6.03 Å². The van der Waals surface area contributed by atoms with Gasteiger partial charge in [0.15, 0.2) is 11.5 Å². The lowest BCUT2D eigenvalue weighted by molar-refractivity contribution is 0.192. The molecule has 0 aliphatic heterocycles. The van der Waals surface area contributed by atoms with E-state index in [1.165, 1.54) is 39.7 Å². The van der Waals surface area contributed by atoms with Crippen molar-refractivity contribution in [2.24, 2.45) is 17.4 Å². The van der Waals surface area contributed by atoms with E-state index in [0.29, 0.717) is 23.0 Å². The molecule has 208 valence electrons. The van der Waals surface area contributed by atoms with Gasteiger partial charge < -0.3 is 31.0 Å². The van der Waals surface area contributed by atoms with Crippen LogP contribution in [0.25, 0.3) is 0 Å². The van der Waals surface area contributed by atoms with E-state index in [9.17, 15) is 4.79 Å². The Morgan fingerprint density at radius 1 is 1.11 bits per heavy atom. The van der Waals surface area contributed by atoms with E-state index in [-0.39, 0.29) is 0 Å². The maximum Gasteiger partial charge on any atom is 0.316 e. The summed E-state index contributed by atoms with van der Waals surface area (Å²) >= 11 is 5.72. The highest BCUT2D eigenvalue weighted by Gasteiger charge is 2.11. The monoisotopic (exact) mass is 527 g/mol. The maximum atomic E-state index is 10.6. The highest BCUT2D eigenvalue weighted by Crippen LogP contribution is 2.17. The van der Waals surface area contributed by atoms with Crippen LogP contribution in [0.2, 0.25) is 5.02 Å². The summed E-state index contributed by atoms with van der Waals surface area (Å²) in [5.74, 6) is 1.91. The summed E-state index contributed by atoms with van der Waals surface area (Å²) < 4.78 is 15.2. The van der Waals surface area contributed by atoms with Gasteiger partial charge in [0.1, 0.15) is 0 Å². The Hall–Kier alpha value is -2.64. The number of allylic oxidation sites excluding steroid dienone is 2. The topological polar surface area (TPSA) is 109 Å². The second-order valence-electron chi connectivity index (χ2n) is 7.75. The first-order chi connectivity index (χ1) is 17.1. The summed E-state index contributed by atoms with van der Waals surface area (Å²) in [6.07, 6.45) is 6.35. The highest BCUT2D eigenvalue weighted by molar-refractivity contribution is 6.30. The lowest BCUT2D eigenvalue weighted by Gasteiger charge is -2.12. The lowest BCUT2D eigenvalue weighted by Crippen LogP contribution is -2.27. The van der Waals surface area contributed by atoms with Crippen LogP contribution in [0.3, 0.4) is 0 Å². The molecule has 0 aromatic heterocycles. The number of hydrogen-bond donors (Lipinski definition) is 3. The SMILES string of the molecule is C=C(OC)/C(OC)=C(\C=C(/C)NC(N)=O)OC.CC.CCCC(C)C.NCCCc1ccc(Cl)cc1. The number of carbonyl (C=O) groups is 1. The number of primary amides is 1. The fourth-order valence-corrected chi connectivity index (χ4v) is 2.75. The molecule has 0 saturated carbocycles. The lowest BCUT2D eigenvalue weighted by atomic mass is 10.1. The molecular weight excluding hydrogens is 478 g/mol. The third-order valence-corrected chi connectivity index (χ3v) is 4.52. The van der Waals surface area contributed by atoms with Gasteiger partial charge in [-0.1, -0.05) is 77.8 Å². The van der Waals surface area contributed by atoms with Gasteiger partial charge in [-0.05, 0) is 49.9 Å². The number of nitrogens with two attached hydrogens (primary N) is 2. The number of carbonyl (C=O) groups excluding carboxylic acids is 1. The number of nitrogens with one attached hydrogen (secondary N) is 1. The zero-order chi connectivity index (χ0) is 28.5. The fraction of sp³-hybridized carbons (Fsp3) is 0.536. The number of rotatable bonds is 11. The molecule has 2 amide bonds. The van der Waals surface area contributed by atoms with Crippen LogP contribution >= 0.6 is 11.6 Å². The molecule has 0 saturated heterocycles. The molecule has 0 heterocycles. The molecule has 0 radical (unpaired) electrons. The van der Waals surface area contributed by atoms with Crippen molar-refractivity contribution in [2.75, 3.05) is 27.9 Å². The number of urea groups is 1. The number of ether oxygens (including phenoxy) is 3. The number of hydrogen-bond acceptors (Lipinski definition) is 5. The van der Waals surface area contributed by atoms with Gasteiger partial charge in [-0.15, -0.1) is 0 Å². The highest BCUT2D eigenvalue weighted by atomic mass is 35.5. The molecule has 1 aromatic rings. The van der Waals surface area contributed by atoms with Gasteiger partial charge in [0.25, 0.3) is 0 Å². The first-order valence-electron chi connectivity index (χ1n) is 12.3. The Balaban J connectivity index is -0.000000488. The van der Waals surface area contributed by atoms with Crippen molar-refractivity contribution in [1.82, 2.24) is 5.32 Å². The first-order valence-corrected chi connectivity index (χ1v) is 12.7. The molecular formula is C28H50ClN3O4. The largest absolute Gasteiger partial charge is 0.493 e. The van der Waals surface area contributed by atoms with Crippen LogP contribution in [0.15, 0.2) is 59.9 Å². The standard InChI is InChI=1S/C11H18N2O4.C9H12ClN.C6H14.C2H6/c1-7(13-11(12)14)6-9(16-4)10(17-5)8(2)15-3;10-9-5-3-8(4-6-9)2-1-7-11;1-4-5-6(2)3;1-2/h6H,2H2,1,3-5H3,(H3,12,13,14);3-6H,1-2,7,11H2;6H,4-5H2,1-3H3;1-2H3/b7-6+,10-9-;;;. The zero-order valence-corrected chi connectivity index (χ0v) is 24.6. The van der Waals surface area contributed by atoms with Crippen molar-refractivity contribution in [3.63, 3.8) is 0 Å². The third kappa shape index (κ3) is 21.9. The Morgan fingerprint density at radius 3 is 2.00 bits per heavy atom. The number of halogens is 1. The minimum absolute atomic E-state index is 0.312. The summed E-state index contributed by atoms with van der Waals surface area (Å²) in [6, 6.07) is 7.25. The van der Waals surface area contributed by atoms with E-state index in [1.807, 2.05) is 38.1 Å². The van der Waals surface area contributed by atoms with Crippen LogP contribution in [0.1, 0.15) is 66.4 Å². The predicted octanol–water partition coefficient (Wildman–Crippen LogP) is 6.92. The number of amides is 2. The van der Waals surface area contributed by atoms with Crippen molar-refractivity contribution in [2.45, 2.75) is 67.2 Å². The molecule has 0 fully saturated rings. The average Bonchev–Trinajstić information content (AvgIpc) is 2.84. The zero-order valence-electron chi connectivity index (χ0n) is 23.9. The summed E-state index contributed by atoms with van der Waals surface area (Å²) in [5.41, 5.74) is 12.2. The Kier molecular flexibility index (Phi) is 26.8. The predicted molar refractivity (Wildman–Crippen MR) is 154 cm³/mol. The minimum atomic E-state index is -0.654. The van der Waals surface area contributed by atoms with Crippen LogP contribution < -0.4 is 16.8 Å². The second-order valence-corrected chi connectivity index (χ2v) is 8.18. The van der Waals surface area contributed by atoms with Gasteiger partial charge in [0.05, 0.1) is 21.3 Å². The molecule has 7 nitrogen and oxygen atoms in total. The molecule has 8 heteroatoms. The van der Waals surface area contributed by atoms with Gasteiger partial charge in [0, 0.05) is 16.8 Å². The smallest absolute Gasteiger partial charge is 0.316 e. The van der Waals surface area contributed by atoms with E-state index >= 15 is 0 Å². The van der Waals surface area contributed by atoms with E-state index in [2.05, 4.69) is 32.7 Å². The molecule has 0 aliphatic rings. The molecule has 0 aliphatic carbocycles. The summed E-state index contributed by atoms with van der Waals surface area (Å²) in [7, 11) is 4.39. The third-order valence-electron chi connectivity index (χ3n) is 4.26. The molecule has 0 unspecified atom stereocenters. The van der Waals surface area contributed by atoms with E-state index in [4.69, 9.17) is 37.3 Å². The molecule has 1 aromatic carbocycles. The van der Waals surface area contributed by atoms with Crippen molar-refractivity contribution < 1.29 is 19.0 Å². The Morgan fingerprint density at radius 2 is 1.67 bits per heavy atom. The maximum absolute atomic E-state index is 10.6. The molecule has 5 N–H and O–H groups in total. The van der Waals surface area contributed by atoms with Crippen LogP contribution in [0.5, 0.6) is 0 Å². The minimum Gasteiger partial charge on any atom is -0.493 e. The molecule has 36 heavy (non-hydrogen) atoms. The Bertz CT molecular complexity index is 761. The second kappa shape index (κ2) is 25.5. The van der Waals surface area contributed by atoms with Crippen LogP contribution in [0.4, 0.5) is 4.79 Å². The Labute approximate surface area is 224 Å².